The van der Waals surface area contributed by atoms with Crippen LogP contribution in [0.4, 0.5) is 5.82 Å². The molecular weight excluding hydrogens is 345 g/mol. The minimum atomic E-state index is 0.450. The predicted molar refractivity (Wildman–Crippen MR) is 77.7 cm³/mol. The summed E-state index contributed by atoms with van der Waals surface area (Å²) in [5.74, 6) is 2.20. The standard InChI is InChI=1S/C12H12IN3O2/c1-17-9-5-3-4-7(10(9)18-2)12-15-6-8(13)11(14)16-12/h3-6H,1-2H3,(H2,14,15,16). The van der Waals surface area contributed by atoms with Crippen LogP contribution in [0.3, 0.4) is 0 Å². The number of hydrogen-bond donors (Lipinski definition) is 1. The topological polar surface area (TPSA) is 70.3 Å². The summed E-state index contributed by atoms with van der Waals surface area (Å²) in [5, 5.41) is 0. The van der Waals surface area contributed by atoms with Crippen LogP contribution in [0.5, 0.6) is 11.5 Å². The van der Waals surface area contributed by atoms with Gasteiger partial charge < -0.3 is 15.2 Å². The molecule has 0 fully saturated rings. The third-order valence-electron chi connectivity index (χ3n) is 2.42. The zero-order valence-electron chi connectivity index (χ0n) is 9.98. The molecule has 0 saturated heterocycles. The molecule has 0 amide bonds. The molecule has 2 N–H and O–H groups in total. The van der Waals surface area contributed by atoms with Gasteiger partial charge in [0.15, 0.2) is 17.3 Å². The lowest BCUT2D eigenvalue weighted by Gasteiger charge is -2.11. The Kier molecular flexibility index (Phi) is 3.85. The van der Waals surface area contributed by atoms with Gasteiger partial charge in [-0.15, -0.1) is 0 Å². The van der Waals surface area contributed by atoms with Crippen molar-refractivity contribution in [2.45, 2.75) is 0 Å². The average molecular weight is 357 g/mol. The van der Waals surface area contributed by atoms with Crippen LogP contribution in [0, 0.1) is 3.57 Å². The third kappa shape index (κ3) is 2.33. The van der Waals surface area contributed by atoms with Gasteiger partial charge in [-0.25, -0.2) is 9.97 Å². The molecule has 2 rings (SSSR count). The Labute approximate surface area is 118 Å². The van der Waals surface area contributed by atoms with E-state index >= 15 is 0 Å². The quantitative estimate of drug-likeness (QED) is 0.854. The molecule has 18 heavy (non-hydrogen) atoms. The first-order valence-corrected chi connectivity index (χ1v) is 6.24. The molecular formula is C12H12IN3O2. The number of hydrogen-bond acceptors (Lipinski definition) is 5. The van der Waals surface area contributed by atoms with Crippen molar-refractivity contribution in [3.05, 3.63) is 28.0 Å². The van der Waals surface area contributed by atoms with Gasteiger partial charge in [0.05, 0.1) is 23.4 Å². The summed E-state index contributed by atoms with van der Waals surface area (Å²) >= 11 is 2.09. The molecule has 5 nitrogen and oxygen atoms in total. The fraction of sp³-hybridized carbons (Fsp3) is 0.167. The number of nitrogens with two attached hydrogens (primary N) is 1. The summed E-state index contributed by atoms with van der Waals surface area (Å²) in [6.45, 7) is 0. The van der Waals surface area contributed by atoms with Crippen molar-refractivity contribution in [3.63, 3.8) is 0 Å². The molecule has 1 aromatic heterocycles. The highest BCUT2D eigenvalue weighted by molar-refractivity contribution is 14.1. The van der Waals surface area contributed by atoms with Gasteiger partial charge in [0.2, 0.25) is 0 Å². The Balaban J connectivity index is 2.59. The first-order chi connectivity index (χ1) is 8.67. The number of ether oxygens (including phenoxy) is 2. The Morgan fingerprint density at radius 2 is 2.00 bits per heavy atom. The fourth-order valence-corrected chi connectivity index (χ4v) is 1.83. The third-order valence-corrected chi connectivity index (χ3v) is 3.25. The number of anilines is 1. The van der Waals surface area contributed by atoms with E-state index in [4.69, 9.17) is 15.2 Å². The number of nitrogen functional groups attached to an aromatic ring is 1. The van der Waals surface area contributed by atoms with Gasteiger partial charge in [0.1, 0.15) is 5.82 Å². The van der Waals surface area contributed by atoms with Gasteiger partial charge in [0.25, 0.3) is 0 Å². The lowest BCUT2D eigenvalue weighted by molar-refractivity contribution is 0.356. The molecule has 0 aliphatic rings. The molecule has 0 aliphatic carbocycles. The smallest absolute Gasteiger partial charge is 0.171 e. The van der Waals surface area contributed by atoms with Crippen LogP contribution >= 0.6 is 22.6 Å². The van der Waals surface area contributed by atoms with E-state index in [9.17, 15) is 0 Å². The molecule has 0 radical (unpaired) electrons. The second kappa shape index (κ2) is 5.38. The van der Waals surface area contributed by atoms with E-state index in [2.05, 4.69) is 32.6 Å². The van der Waals surface area contributed by atoms with Crippen LogP contribution in [0.15, 0.2) is 24.4 Å². The molecule has 1 aromatic carbocycles. The van der Waals surface area contributed by atoms with Gasteiger partial charge in [-0.2, -0.15) is 0 Å². The van der Waals surface area contributed by atoms with Crippen LogP contribution in [-0.2, 0) is 0 Å². The normalized spacial score (nSPS) is 10.2. The van der Waals surface area contributed by atoms with E-state index in [1.54, 1.807) is 20.4 Å². The summed E-state index contributed by atoms with van der Waals surface area (Å²) in [6, 6.07) is 5.54. The van der Waals surface area contributed by atoms with Gasteiger partial charge in [-0.1, -0.05) is 6.07 Å². The number of rotatable bonds is 3. The SMILES string of the molecule is COc1cccc(-c2ncc(I)c(N)n2)c1OC. The van der Waals surface area contributed by atoms with Crippen LogP contribution in [0.25, 0.3) is 11.4 Å². The van der Waals surface area contributed by atoms with Gasteiger partial charge in [0, 0.05) is 6.20 Å². The predicted octanol–water partition coefficient (Wildman–Crippen LogP) is 2.35. The summed E-state index contributed by atoms with van der Waals surface area (Å²) in [5.41, 5.74) is 6.54. The minimum Gasteiger partial charge on any atom is -0.493 e. The lowest BCUT2D eigenvalue weighted by atomic mass is 10.1. The van der Waals surface area contributed by atoms with E-state index in [0.29, 0.717) is 23.1 Å². The zero-order chi connectivity index (χ0) is 13.1. The Hall–Kier alpha value is -1.57. The first kappa shape index (κ1) is 12.9. The summed E-state index contributed by atoms with van der Waals surface area (Å²) in [7, 11) is 3.17. The van der Waals surface area contributed by atoms with E-state index in [1.807, 2.05) is 18.2 Å². The van der Waals surface area contributed by atoms with E-state index < -0.39 is 0 Å². The Morgan fingerprint density at radius 3 is 2.61 bits per heavy atom. The van der Waals surface area contributed by atoms with Crippen molar-refractivity contribution in [2.24, 2.45) is 0 Å². The number of para-hydroxylation sites is 1. The van der Waals surface area contributed by atoms with E-state index in [-0.39, 0.29) is 0 Å². The van der Waals surface area contributed by atoms with Crippen molar-refractivity contribution in [1.29, 1.82) is 0 Å². The Bertz CT molecular complexity index is 575. The summed E-state index contributed by atoms with van der Waals surface area (Å²) in [6.07, 6.45) is 1.68. The first-order valence-electron chi connectivity index (χ1n) is 5.16. The van der Waals surface area contributed by atoms with Crippen LogP contribution in [-0.4, -0.2) is 24.2 Å². The minimum absolute atomic E-state index is 0.450. The maximum Gasteiger partial charge on any atom is 0.171 e. The second-order valence-corrected chi connectivity index (χ2v) is 4.63. The van der Waals surface area contributed by atoms with Crippen LogP contribution in [0.2, 0.25) is 0 Å². The van der Waals surface area contributed by atoms with Gasteiger partial charge in [-0.3, -0.25) is 0 Å². The molecule has 6 heteroatoms. The molecule has 94 valence electrons. The highest BCUT2D eigenvalue weighted by Crippen LogP contribution is 2.36. The largest absolute Gasteiger partial charge is 0.493 e. The van der Waals surface area contributed by atoms with E-state index in [0.717, 1.165) is 9.13 Å². The molecule has 1 heterocycles. The fourth-order valence-electron chi connectivity index (χ4n) is 1.57. The second-order valence-electron chi connectivity index (χ2n) is 3.47. The molecule has 2 aromatic rings. The van der Waals surface area contributed by atoms with Crippen molar-refractivity contribution in [2.75, 3.05) is 20.0 Å². The van der Waals surface area contributed by atoms with Crippen molar-refractivity contribution in [3.8, 4) is 22.9 Å². The van der Waals surface area contributed by atoms with Gasteiger partial charge in [-0.05, 0) is 34.7 Å². The lowest BCUT2D eigenvalue weighted by Crippen LogP contribution is -2.00. The maximum absolute atomic E-state index is 5.79. The monoisotopic (exact) mass is 357 g/mol. The van der Waals surface area contributed by atoms with E-state index in [1.165, 1.54) is 0 Å². The number of nitrogens with zero attached hydrogens (tertiary/aromatic N) is 2. The van der Waals surface area contributed by atoms with Gasteiger partial charge >= 0.3 is 0 Å². The highest BCUT2D eigenvalue weighted by Gasteiger charge is 2.14. The average Bonchev–Trinajstić information content (AvgIpc) is 2.40. The molecule has 0 atom stereocenters. The molecule has 0 saturated carbocycles. The number of aromatic nitrogens is 2. The molecule has 0 aliphatic heterocycles. The summed E-state index contributed by atoms with van der Waals surface area (Å²) in [4.78, 5) is 8.51. The number of benzene rings is 1. The molecule has 0 bridgehead atoms. The summed E-state index contributed by atoms with van der Waals surface area (Å²) < 4.78 is 11.4. The van der Waals surface area contributed by atoms with Crippen molar-refractivity contribution in [1.82, 2.24) is 9.97 Å². The van der Waals surface area contributed by atoms with Crippen molar-refractivity contribution < 1.29 is 9.47 Å². The Morgan fingerprint density at radius 1 is 1.22 bits per heavy atom. The van der Waals surface area contributed by atoms with Crippen molar-refractivity contribution >= 4 is 28.4 Å². The maximum atomic E-state index is 5.79. The zero-order valence-corrected chi connectivity index (χ0v) is 12.1. The van der Waals surface area contributed by atoms with Crippen LogP contribution < -0.4 is 15.2 Å². The highest BCUT2D eigenvalue weighted by atomic mass is 127. The molecule has 0 unspecified atom stereocenters. The molecule has 0 spiro atoms. The number of methoxy groups -OCH3 is 2. The number of halogens is 1. The van der Waals surface area contributed by atoms with Crippen LogP contribution in [0.1, 0.15) is 0 Å².